The number of carbonyl (C=O) groups excluding carboxylic acids is 2. The van der Waals surface area contributed by atoms with Crippen molar-refractivity contribution in [3.63, 3.8) is 0 Å². The molecule has 3 heterocycles. The molecule has 2 fully saturated rings. The van der Waals surface area contributed by atoms with Gasteiger partial charge in [-0.2, -0.15) is 0 Å². The predicted molar refractivity (Wildman–Crippen MR) is 172 cm³/mol. The van der Waals surface area contributed by atoms with Gasteiger partial charge in [-0.25, -0.2) is 9.78 Å². The molecule has 1 aliphatic heterocycles. The number of amides is 1. The lowest BCUT2D eigenvalue weighted by Gasteiger charge is -2.24. The summed E-state index contributed by atoms with van der Waals surface area (Å²) in [6.45, 7) is 4.48. The van der Waals surface area contributed by atoms with Crippen molar-refractivity contribution in [3.05, 3.63) is 81.5 Å². The number of nitrogens with zero attached hydrogens (tertiary/aromatic N) is 4. The van der Waals surface area contributed by atoms with E-state index in [0.29, 0.717) is 45.5 Å². The van der Waals surface area contributed by atoms with Crippen LogP contribution in [-0.2, 0) is 32.6 Å². The molecule has 43 heavy (non-hydrogen) atoms. The summed E-state index contributed by atoms with van der Waals surface area (Å²) in [5.74, 6) is 1.16. The van der Waals surface area contributed by atoms with E-state index < -0.39 is 16.8 Å². The number of imidazole rings is 1. The van der Waals surface area contributed by atoms with E-state index in [2.05, 4.69) is 25.5 Å². The molecule has 1 saturated heterocycles. The first-order valence-corrected chi connectivity index (χ1v) is 17.6. The fourth-order valence-electron chi connectivity index (χ4n) is 5.78. The van der Waals surface area contributed by atoms with Gasteiger partial charge in [0.05, 0.1) is 40.2 Å². The molecule has 1 N–H and O–H groups in total. The number of aryl methyl sites for hydroxylation is 1. The number of hydrogen-bond acceptors (Lipinski definition) is 7. The van der Waals surface area contributed by atoms with Crippen molar-refractivity contribution in [2.45, 2.75) is 50.4 Å². The summed E-state index contributed by atoms with van der Waals surface area (Å²) in [5, 5.41) is 11.8. The molecule has 2 aliphatic rings. The molecule has 1 saturated carbocycles. The highest BCUT2D eigenvalue weighted by molar-refractivity contribution is 9.10. The average molecular weight is 686 g/mol. The minimum Gasteiger partial charge on any atom is -0.506 e. The van der Waals surface area contributed by atoms with Crippen LogP contribution in [0.2, 0.25) is 0 Å². The lowest BCUT2D eigenvalue weighted by molar-refractivity contribution is -0.127. The van der Waals surface area contributed by atoms with Crippen LogP contribution in [0, 0.1) is 6.92 Å². The standard InChI is InChI=1S/C31H33BrN4O5S2/c1-3-41-31(39)28-25(18-43(40)14-13-35-26(37)17-42-30(35)20-7-5-4-6-8-20)36(21-9-10-21)24-15-23(32)29(38)22(27(24)28)16-34-12-11-33-19(34)2/h4-8,11-12,15,21,30,38H,3,9-10,13-14,16-18H2,1-2H3. The van der Waals surface area contributed by atoms with Crippen molar-refractivity contribution in [1.82, 2.24) is 19.0 Å². The zero-order valence-corrected chi connectivity index (χ0v) is 27.2. The Labute approximate surface area is 265 Å². The number of phenolic OH excluding ortho intramolecular Hbond substituents is 1. The smallest absolute Gasteiger partial charge is 0.340 e. The molecule has 6 rings (SSSR count). The quantitative estimate of drug-likeness (QED) is 0.202. The Bertz CT molecular complexity index is 1720. The van der Waals surface area contributed by atoms with E-state index >= 15 is 0 Å². The third-order valence-electron chi connectivity index (χ3n) is 7.98. The summed E-state index contributed by atoms with van der Waals surface area (Å²) in [6, 6.07) is 11.9. The van der Waals surface area contributed by atoms with Gasteiger partial charge in [-0.3, -0.25) is 9.00 Å². The fraction of sp³-hybridized carbons (Fsp3) is 0.387. The normalized spacial score (nSPS) is 17.6. The zero-order valence-electron chi connectivity index (χ0n) is 24.0. The van der Waals surface area contributed by atoms with Gasteiger partial charge in [-0.1, -0.05) is 30.3 Å². The minimum atomic E-state index is -1.38. The molecule has 12 heteroatoms. The summed E-state index contributed by atoms with van der Waals surface area (Å²) in [4.78, 5) is 32.5. The van der Waals surface area contributed by atoms with E-state index in [4.69, 9.17) is 4.74 Å². The summed E-state index contributed by atoms with van der Waals surface area (Å²) >= 11 is 5.12. The Hall–Kier alpha value is -3.09. The van der Waals surface area contributed by atoms with Crippen LogP contribution in [0.15, 0.2) is 53.3 Å². The number of hydrogen-bond donors (Lipinski definition) is 1. The van der Waals surface area contributed by atoms with Crippen molar-refractivity contribution >= 4 is 61.3 Å². The van der Waals surface area contributed by atoms with E-state index in [1.807, 2.05) is 54.1 Å². The highest BCUT2D eigenvalue weighted by Crippen LogP contribution is 2.46. The zero-order chi connectivity index (χ0) is 30.2. The van der Waals surface area contributed by atoms with Crippen LogP contribution in [0.4, 0.5) is 0 Å². The summed E-state index contributed by atoms with van der Waals surface area (Å²) < 4.78 is 23.9. The molecule has 0 radical (unpaired) electrons. The van der Waals surface area contributed by atoms with Gasteiger partial charge in [0.15, 0.2) is 0 Å². The Kier molecular flexibility index (Phi) is 8.70. The largest absolute Gasteiger partial charge is 0.506 e. The topological polar surface area (TPSA) is 107 Å². The molecule has 4 aromatic rings. The Balaban J connectivity index is 1.38. The van der Waals surface area contributed by atoms with Crippen LogP contribution in [0.5, 0.6) is 5.75 Å². The average Bonchev–Trinajstić information content (AvgIpc) is 3.53. The van der Waals surface area contributed by atoms with Crippen molar-refractivity contribution < 1.29 is 23.6 Å². The summed E-state index contributed by atoms with van der Waals surface area (Å²) in [6.07, 6.45) is 5.42. The number of benzene rings is 2. The van der Waals surface area contributed by atoms with Gasteiger partial charge < -0.3 is 23.9 Å². The van der Waals surface area contributed by atoms with E-state index in [-0.39, 0.29) is 41.2 Å². The summed E-state index contributed by atoms with van der Waals surface area (Å²) in [5.41, 5.74) is 3.42. The maximum atomic E-state index is 13.8. The van der Waals surface area contributed by atoms with E-state index in [1.54, 1.807) is 29.8 Å². The second kappa shape index (κ2) is 12.5. The van der Waals surface area contributed by atoms with Gasteiger partial charge in [0.2, 0.25) is 5.91 Å². The number of ether oxygens (including phenoxy) is 1. The fourth-order valence-corrected chi connectivity index (χ4v) is 8.59. The lowest BCUT2D eigenvalue weighted by Crippen LogP contribution is -2.32. The SMILES string of the molecule is CCOC(=O)c1c(CS(=O)CCN2C(=O)CSC2c2ccccc2)n(C2CC2)c2cc(Br)c(O)c(Cn3ccnc3C)c12. The number of rotatable bonds is 11. The molecular weight excluding hydrogens is 652 g/mol. The second-order valence-corrected chi connectivity index (χ2v) is 14.3. The predicted octanol–water partition coefficient (Wildman–Crippen LogP) is 5.70. The molecule has 9 nitrogen and oxygen atoms in total. The first-order chi connectivity index (χ1) is 20.8. The number of phenols is 1. The maximum Gasteiger partial charge on any atom is 0.340 e. The van der Waals surface area contributed by atoms with Gasteiger partial charge in [0.1, 0.15) is 16.9 Å². The molecule has 2 aromatic carbocycles. The number of halogens is 1. The number of esters is 1. The van der Waals surface area contributed by atoms with Crippen LogP contribution < -0.4 is 0 Å². The number of thioether (sulfide) groups is 1. The molecule has 2 aromatic heterocycles. The van der Waals surface area contributed by atoms with E-state index in [0.717, 1.165) is 29.7 Å². The molecular formula is C31H33BrN4O5S2. The van der Waals surface area contributed by atoms with E-state index in [9.17, 15) is 18.9 Å². The second-order valence-electron chi connectivity index (χ2n) is 10.8. The molecule has 0 bridgehead atoms. The number of aromatic nitrogens is 3. The van der Waals surface area contributed by atoms with Gasteiger partial charge in [0.25, 0.3) is 0 Å². The molecule has 2 unspecified atom stereocenters. The molecule has 2 atom stereocenters. The van der Waals surface area contributed by atoms with Crippen LogP contribution >= 0.6 is 27.7 Å². The van der Waals surface area contributed by atoms with Crippen LogP contribution in [0.3, 0.4) is 0 Å². The maximum absolute atomic E-state index is 13.8. The third-order valence-corrected chi connectivity index (χ3v) is 11.1. The monoisotopic (exact) mass is 684 g/mol. The first-order valence-electron chi connectivity index (χ1n) is 14.3. The van der Waals surface area contributed by atoms with Gasteiger partial charge in [0, 0.05) is 58.2 Å². The van der Waals surface area contributed by atoms with Crippen LogP contribution in [0.25, 0.3) is 10.9 Å². The first kappa shape index (κ1) is 30.0. The van der Waals surface area contributed by atoms with Crippen molar-refractivity contribution in [2.75, 3.05) is 24.7 Å². The minimum absolute atomic E-state index is 0.0370. The third kappa shape index (κ3) is 5.88. The Morgan fingerprint density at radius 2 is 2.02 bits per heavy atom. The number of fused-ring (bicyclic) bond motifs is 1. The molecule has 0 spiro atoms. The van der Waals surface area contributed by atoms with Gasteiger partial charge in [-0.05, 0) is 54.2 Å². The van der Waals surface area contributed by atoms with Crippen molar-refractivity contribution in [1.29, 1.82) is 0 Å². The molecule has 1 amide bonds. The van der Waals surface area contributed by atoms with Crippen LogP contribution in [0.1, 0.15) is 64.2 Å². The Morgan fingerprint density at radius 1 is 1.26 bits per heavy atom. The highest BCUT2D eigenvalue weighted by atomic mass is 79.9. The van der Waals surface area contributed by atoms with E-state index in [1.165, 1.54) is 0 Å². The molecule has 1 aliphatic carbocycles. The summed E-state index contributed by atoms with van der Waals surface area (Å²) in [7, 11) is -1.38. The van der Waals surface area contributed by atoms with Crippen LogP contribution in [-0.4, -0.2) is 64.9 Å². The highest BCUT2D eigenvalue weighted by Gasteiger charge is 2.36. The lowest BCUT2D eigenvalue weighted by atomic mass is 10.0. The van der Waals surface area contributed by atoms with Gasteiger partial charge >= 0.3 is 5.97 Å². The number of carbonyl (C=O) groups is 2. The number of aromatic hydroxyl groups is 1. The van der Waals surface area contributed by atoms with Crippen molar-refractivity contribution in [2.24, 2.45) is 0 Å². The van der Waals surface area contributed by atoms with Crippen molar-refractivity contribution in [3.8, 4) is 5.75 Å². The van der Waals surface area contributed by atoms with Gasteiger partial charge in [-0.15, -0.1) is 11.8 Å². The molecule has 226 valence electrons. The Morgan fingerprint density at radius 3 is 2.70 bits per heavy atom.